The molecule has 1 aromatic heterocycles. The maximum atomic E-state index is 12.6. The normalized spacial score (nSPS) is 16.3. The zero-order valence-corrected chi connectivity index (χ0v) is 14.0. The molecule has 1 atom stereocenters. The number of nitrogens with one attached hydrogen (secondary N) is 1. The monoisotopic (exact) mass is 319 g/mol. The smallest absolute Gasteiger partial charge is 0.227 e. The quantitative estimate of drug-likeness (QED) is 0.805. The third-order valence-corrected chi connectivity index (χ3v) is 5.08. The Morgan fingerprint density at radius 1 is 1.29 bits per heavy atom. The number of aromatic nitrogens is 2. The molecule has 0 spiro atoms. The topological polar surface area (TPSA) is 46.9 Å². The summed E-state index contributed by atoms with van der Waals surface area (Å²) in [4.78, 5) is 17.1. The molecule has 0 saturated carbocycles. The van der Waals surface area contributed by atoms with Crippen LogP contribution in [0.25, 0.3) is 11.0 Å². The van der Waals surface area contributed by atoms with E-state index < -0.39 is 0 Å². The molecule has 4 nitrogen and oxygen atoms in total. The Balaban J connectivity index is 1.48. The minimum Gasteiger partial charge on any atom is -0.351 e. The van der Waals surface area contributed by atoms with Crippen LogP contribution in [0.4, 0.5) is 0 Å². The van der Waals surface area contributed by atoms with Gasteiger partial charge in [0, 0.05) is 13.6 Å². The third-order valence-electron chi connectivity index (χ3n) is 5.08. The minimum atomic E-state index is -0.0120. The van der Waals surface area contributed by atoms with Gasteiger partial charge in [0.25, 0.3) is 0 Å². The van der Waals surface area contributed by atoms with Crippen molar-refractivity contribution in [3.05, 3.63) is 65.0 Å². The first-order chi connectivity index (χ1) is 11.6. The highest BCUT2D eigenvalue weighted by molar-refractivity contribution is 5.85. The molecule has 4 heteroatoms. The minimum absolute atomic E-state index is 0.0120. The number of nitrogens with zero attached hydrogens (tertiary/aromatic N) is 2. The zero-order valence-electron chi connectivity index (χ0n) is 14.0. The van der Waals surface area contributed by atoms with E-state index in [2.05, 4.69) is 45.2 Å². The number of fused-ring (bicyclic) bond motifs is 2. The largest absolute Gasteiger partial charge is 0.351 e. The molecule has 0 saturated heterocycles. The Kier molecular flexibility index (Phi) is 3.60. The van der Waals surface area contributed by atoms with E-state index in [0.717, 1.165) is 35.3 Å². The number of hydrogen-bond donors (Lipinski definition) is 1. The average Bonchev–Trinajstić information content (AvgIpc) is 3.14. The van der Waals surface area contributed by atoms with Crippen LogP contribution in [0.5, 0.6) is 0 Å². The molecule has 1 unspecified atom stereocenters. The van der Waals surface area contributed by atoms with Crippen LogP contribution in [0, 0.1) is 6.92 Å². The van der Waals surface area contributed by atoms with Gasteiger partial charge in [-0.05, 0) is 48.6 Å². The van der Waals surface area contributed by atoms with E-state index in [1.165, 1.54) is 11.1 Å². The Morgan fingerprint density at radius 2 is 2.12 bits per heavy atom. The first kappa shape index (κ1) is 14.9. The maximum absolute atomic E-state index is 12.6. The number of carbonyl (C=O) groups excluding carboxylic acids is 1. The SMILES string of the molecule is Cc1nc2cc(CNC(=O)C3CCc4ccccc43)ccc2n1C. The molecule has 1 aliphatic rings. The summed E-state index contributed by atoms with van der Waals surface area (Å²) < 4.78 is 2.08. The Labute approximate surface area is 141 Å². The van der Waals surface area contributed by atoms with Crippen LogP contribution in [0.2, 0.25) is 0 Å². The Morgan fingerprint density at radius 3 is 3.00 bits per heavy atom. The van der Waals surface area contributed by atoms with E-state index in [1.54, 1.807) is 0 Å². The van der Waals surface area contributed by atoms with Crippen LogP contribution in [0.15, 0.2) is 42.5 Å². The molecule has 3 aromatic rings. The number of imidazole rings is 1. The number of benzene rings is 2. The van der Waals surface area contributed by atoms with Crippen molar-refractivity contribution in [3.63, 3.8) is 0 Å². The predicted molar refractivity (Wildman–Crippen MR) is 94.8 cm³/mol. The van der Waals surface area contributed by atoms with Gasteiger partial charge in [-0.1, -0.05) is 30.3 Å². The summed E-state index contributed by atoms with van der Waals surface area (Å²) in [6, 6.07) is 14.5. The summed E-state index contributed by atoms with van der Waals surface area (Å²) in [5.41, 5.74) is 5.68. The molecular formula is C20H21N3O. The molecule has 24 heavy (non-hydrogen) atoms. The lowest BCUT2D eigenvalue weighted by molar-refractivity contribution is -0.122. The molecule has 0 radical (unpaired) electrons. The van der Waals surface area contributed by atoms with Crippen LogP contribution >= 0.6 is 0 Å². The van der Waals surface area contributed by atoms with Gasteiger partial charge in [0.1, 0.15) is 5.82 Å². The van der Waals surface area contributed by atoms with Crippen molar-refractivity contribution < 1.29 is 4.79 Å². The molecule has 0 bridgehead atoms. The second kappa shape index (κ2) is 5.78. The fraction of sp³-hybridized carbons (Fsp3) is 0.300. The van der Waals surface area contributed by atoms with E-state index in [1.807, 2.05) is 26.1 Å². The second-order valence-corrected chi connectivity index (χ2v) is 6.55. The standard InChI is InChI=1S/C20H21N3O/c1-13-22-18-11-14(7-10-19(18)23(13)2)12-21-20(24)17-9-8-15-5-3-4-6-16(15)17/h3-7,10-11,17H,8-9,12H2,1-2H3,(H,21,24). The molecule has 0 fully saturated rings. The zero-order chi connectivity index (χ0) is 16.7. The van der Waals surface area contributed by atoms with Gasteiger partial charge in [-0.2, -0.15) is 0 Å². The number of rotatable bonds is 3. The maximum Gasteiger partial charge on any atom is 0.227 e. The lowest BCUT2D eigenvalue weighted by Crippen LogP contribution is -2.27. The molecule has 1 aliphatic carbocycles. The van der Waals surface area contributed by atoms with Gasteiger partial charge < -0.3 is 9.88 Å². The number of aryl methyl sites for hydroxylation is 3. The summed E-state index contributed by atoms with van der Waals surface area (Å²) in [6.07, 6.45) is 1.90. The number of carbonyl (C=O) groups is 1. The van der Waals surface area contributed by atoms with E-state index in [0.29, 0.717) is 6.54 Å². The summed E-state index contributed by atoms with van der Waals surface area (Å²) in [7, 11) is 2.02. The molecule has 4 rings (SSSR count). The van der Waals surface area contributed by atoms with Gasteiger partial charge >= 0.3 is 0 Å². The average molecular weight is 319 g/mol. The first-order valence-electron chi connectivity index (χ1n) is 8.41. The van der Waals surface area contributed by atoms with Crippen molar-refractivity contribution in [2.75, 3.05) is 0 Å². The third kappa shape index (κ3) is 2.48. The second-order valence-electron chi connectivity index (χ2n) is 6.55. The van der Waals surface area contributed by atoms with Gasteiger partial charge in [0.15, 0.2) is 0 Å². The van der Waals surface area contributed by atoms with Crippen LogP contribution in [-0.2, 0) is 24.8 Å². The molecule has 1 amide bonds. The van der Waals surface area contributed by atoms with Crippen LogP contribution in [0.3, 0.4) is 0 Å². The van der Waals surface area contributed by atoms with Gasteiger partial charge in [0.2, 0.25) is 5.91 Å². The lowest BCUT2D eigenvalue weighted by Gasteiger charge is -2.12. The van der Waals surface area contributed by atoms with Gasteiger partial charge in [-0.3, -0.25) is 4.79 Å². The van der Waals surface area contributed by atoms with Crippen molar-refractivity contribution in [2.45, 2.75) is 32.2 Å². The summed E-state index contributed by atoms with van der Waals surface area (Å²) >= 11 is 0. The summed E-state index contributed by atoms with van der Waals surface area (Å²) in [5, 5.41) is 3.09. The fourth-order valence-electron chi connectivity index (χ4n) is 3.62. The van der Waals surface area contributed by atoms with E-state index in [4.69, 9.17) is 0 Å². The highest BCUT2D eigenvalue weighted by atomic mass is 16.1. The highest BCUT2D eigenvalue weighted by Crippen LogP contribution is 2.32. The van der Waals surface area contributed by atoms with E-state index in [-0.39, 0.29) is 11.8 Å². The van der Waals surface area contributed by atoms with Crippen molar-refractivity contribution in [1.29, 1.82) is 0 Å². The predicted octanol–water partition coefficient (Wildman–Crippen LogP) is 3.23. The Bertz CT molecular complexity index is 926. The van der Waals surface area contributed by atoms with Crippen LogP contribution in [-0.4, -0.2) is 15.5 Å². The number of hydrogen-bond acceptors (Lipinski definition) is 2. The summed E-state index contributed by atoms with van der Waals surface area (Å²) in [6.45, 7) is 2.54. The van der Waals surface area contributed by atoms with Crippen molar-refractivity contribution in [3.8, 4) is 0 Å². The highest BCUT2D eigenvalue weighted by Gasteiger charge is 2.27. The van der Waals surface area contributed by atoms with Crippen molar-refractivity contribution >= 4 is 16.9 Å². The summed E-state index contributed by atoms with van der Waals surface area (Å²) in [5.74, 6) is 1.10. The lowest BCUT2D eigenvalue weighted by atomic mass is 10.0. The van der Waals surface area contributed by atoms with Crippen molar-refractivity contribution in [2.24, 2.45) is 7.05 Å². The Hall–Kier alpha value is -2.62. The molecule has 2 aromatic carbocycles. The fourth-order valence-corrected chi connectivity index (χ4v) is 3.62. The molecule has 1 heterocycles. The van der Waals surface area contributed by atoms with Gasteiger partial charge in [0.05, 0.1) is 17.0 Å². The van der Waals surface area contributed by atoms with Gasteiger partial charge in [-0.15, -0.1) is 0 Å². The molecule has 1 N–H and O–H groups in total. The van der Waals surface area contributed by atoms with Crippen LogP contribution < -0.4 is 5.32 Å². The van der Waals surface area contributed by atoms with Gasteiger partial charge in [-0.25, -0.2) is 4.98 Å². The van der Waals surface area contributed by atoms with Crippen molar-refractivity contribution in [1.82, 2.24) is 14.9 Å². The number of amides is 1. The molecular weight excluding hydrogens is 298 g/mol. The van der Waals surface area contributed by atoms with Crippen LogP contribution in [0.1, 0.15) is 34.9 Å². The molecule has 122 valence electrons. The molecule has 0 aliphatic heterocycles. The van der Waals surface area contributed by atoms with E-state index >= 15 is 0 Å². The first-order valence-corrected chi connectivity index (χ1v) is 8.41. The van der Waals surface area contributed by atoms with E-state index in [9.17, 15) is 4.79 Å².